The molecule has 0 radical (unpaired) electrons. The molecule has 0 bridgehead atoms. The minimum atomic E-state index is 0.289. The summed E-state index contributed by atoms with van der Waals surface area (Å²) in [5.74, 6) is 3.25. The highest BCUT2D eigenvalue weighted by Gasteiger charge is 2.35. The highest BCUT2D eigenvalue weighted by atomic mass is 16.2. The Labute approximate surface area is 159 Å². The standard InChI is InChI=1S/C20H28N6O/c27-20(16-4-1-2-5-16)24-12-8-15(9-13-24)19-23-22-18(26(19)17-6-7-17)14-25-11-3-10-21-25/h3,10-11,15-17H,1-2,4-9,12-14H2. The number of aromatic nitrogens is 5. The summed E-state index contributed by atoms with van der Waals surface area (Å²) >= 11 is 0. The number of carbonyl (C=O) groups excluding carboxylic acids is 1. The lowest BCUT2D eigenvalue weighted by atomic mass is 9.94. The first-order valence-corrected chi connectivity index (χ1v) is 10.5. The third kappa shape index (κ3) is 3.39. The molecule has 2 aliphatic carbocycles. The molecular formula is C20H28N6O. The Kier molecular flexibility index (Phi) is 4.45. The number of piperidine rings is 1. The molecule has 1 amide bonds. The zero-order chi connectivity index (χ0) is 18.2. The number of hydrogen-bond acceptors (Lipinski definition) is 4. The average Bonchev–Trinajstić information content (AvgIpc) is 3.12. The molecule has 7 nitrogen and oxygen atoms in total. The maximum atomic E-state index is 12.7. The number of amides is 1. The van der Waals surface area contributed by atoms with E-state index in [1.807, 2.05) is 16.9 Å². The summed E-state index contributed by atoms with van der Waals surface area (Å²) in [4.78, 5) is 14.8. The Bertz CT molecular complexity index is 780. The van der Waals surface area contributed by atoms with Gasteiger partial charge in [-0.15, -0.1) is 10.2 Å². The van der Waals surface area contributed by atoms with Gasteiger partial charge in [0.05, 0.1) is 0 Å². The number of rotatable bonds is 5. The van der Waals surface area contributed by atoms with Gasteiger partial charge in [0.15, 0.2) is 5.82 Å². The van der Waals surface area contributed by atoms with Crippen molar-refractivity contribution in [3.05, 3.63) is 30.1 Å². The molecule has 0 spiro atoms. The molecular weight excluding hydrogens is 340 g/mol. The van der Waals surface area contributed by atoms with Crippen molar-refractivity contribution in [2.45, 2.75) is 69.9 Å². The molecule has 1 aliphatic heterocycles. The molecule has 3 aliphatic rings. The van der Waals surface area contributed by atoms with Crippen LogP contribution in [0.3, 0.4) is 0 Å². The van der Waals surface area contributed by atoms with E-state index in [4.69, 9.17) is 0 Å². The topological polar surface area (TPSA) is 68.8 Å². The van der Waals surface area contributed by atoms with Crippen LogP contribution in [0.4, 0.5) is 0 Å². The molecule has 144 valence electrons. The second kappa shape index (κ2) is 7.09. The molecule has 2 aromatic rings. The molecule has 2 aromatic heterocycles. The largest absolute Gasteiger partial charge is 0.342 e. The quantitative estimate of drug-likeness (QED) is 0.814. The SMILES string of the molecule is O=C(C1CCCC1)N1CCC(c2nnc(Cn3cccn3)n2C2CC2)CC1. The third-order valence-corrected chi connectivity index (χ3v) is 6.44. The lowest BCUT2D eigenvalue weighted by Gasteiger charge is -2.33. The van der Waals surface area contributed by atoms with Crippen LogP contribution < -0.4 is 0 Å². The maximum absolute atomic E-state index is 12.7. The highest BCUT2D eigenvalue weighted by Crippen LogP contribution is 2.40. The van der Waals surface area contributed by atoms with Crippen LogP contribution in [0.15, 0.2) is 18.5 Å². The smallest absolute Gasteiger partial charge is 0.225 e. The van der Waals surface area contributed by atoms with Crippen molar-refractivity contribution in [1.82, 2.24) is 29.4 Å². The van der Waals surface area contributed by atoms with Gasteiger partial charge in [-0.1, -0.05) is 12.8 Å². The minimum Gasteiger partial charge on any atom is -0.342 e. The van der Waals surface area contributed by atoms with Gasteiger partial charge in [0, 0.05) is 43.4 Å². The van der Waals surface area contributed by atoms with Crippen LogP contribution in [-0.2, 0) is 11.3 Å². The molecule has 7 heteroatoms. The molecule has 3 fully saturated rings. The van der Waals surface area contributed by atoms with Crippen molar-refractivity contribution >= 4 is 5.91 Å². The lowest BCUT2D eigenvalue weighted by Crippen LogP contribution is -2.41. The number of carbonyl (C=O) groups is 1. The van der Waals surface area contributed by atoms with Crippen LogP contribution in [0.2, 0.25) is 0 Å². The van der Waals surface area contributed by atoms with Crippen molar-refractivity contribution in [2.24, 2.45) is 5.92 Å². The van der Waals surface area contributed by atoms with E-state index in [9.17, 15) is 4.79 Å². The first kappa shape index (κ1) is 17.0. The predicted octanol–water partition coefficient (Wildman–Crippen LogP) is 2.75. The molecule has 0 N–H and O–H groups in total. The Morgan fingerprint density at radius 3 is 2.48 bits per heavy atom. The monoisotopic (exact) mass is 368 g/mol. The van der Waals surface area contributed by atoms with Gasteiger partial charge in [0.1, 0.15) is 12.4 Å². The fraction of sp³-hybridized carbons (Fsp3) is 0.700. The fourth-order valence-electron chi connectivity index (χ4n) is 4.78. The summed E-state index contributed by atoms with van der Waals surface area (Å²) in [5.41, 5.74) is 0. The van der Waals surface area contributed by atoms with Gasteiger partial charge in [-0.25, -0.2) is 0 Å². The summed E-state index contributed by atoms with van der Waals surface area (Å²) in [6.07, 6.45) is 12.8. The van der Waals surface area contributed by atoms with Crippen LogP contribution in [0.5, 0.6) is 0 Å². The Morgan fingerprint density at radius 1 is 1.04 bits per heavy atom. The molecule has 0 atom stereocenters. The summed E-state index contributed by atoms with van der Waals surface area (Å²) in [6, 6.07) is 2.49. The van der Waals surface area contributed by atoms with Gasteiger partial charge in [-0.05, 0) is 44.6 Å². The van der Waals surface area contributed by atoms with Gasteiger partial charge >= 0.3 is 0 Å². The molecule has 3 heterocycles. The van der Waals surface area contributed by atoms with E-state index in [-0.39, 0.29) is 5.92 Å². The summed E-state index contributed by atoms with van der Waals surface area (Å²) < 4.78 is 4.29. The number of likely N-dealkylation sites (tertiary alicyclic amines) is 1. The van der Waals surface area contributed by atoms with Crippen LogP contribution in [0, 0.1) is 5.92 Å². The second-order valence-corrected chi connectivity index (χ2v) is 8.36. The molecule has 2 saturated carbocycles. The Balaban J connectivity index is 1.28. The van der Waals surface area contributed by atoms with E-state index in [2.05, 4.69) is 24.8 Å². The molecule has 1 saturated heterocycles. The Hall–Kier alpha value is -2.18. The van der Waals surface area contributed by atoms with Crippen molar-refractivity contribution in [3.63, 3.8) is 0 Å². The van der Waals surface area contributed by atoms with E-state index in [1.165, 1.54) is 25.7 Å². The number of hydrogen-bond donors (Lipinski definition) is 0. The van der Waals surface area contributed by atoms with E-state index in [0.717, 1.165) is 50.4 Å². The van der Waals surface area contributed by atoms with Crippen LogP contribution in [-0.4, -0.2) is 48.4 Å². The maximum Gasteiger partial charge on any atom is 0.225 e. The fourth-order valence-corrected chi connectivity index (χ4v) is 4.78. The molecule has 5 rings (SSSR count). The molecule has 0 aromatic carbocycles. The van der Waals surface area contributed by atoms with Crippen LogP contribution >= 0.6 is 0 Å². The lowest BCUT2D eigenvalue weighted by molar-refractivity contribution is -0.136. The van der Waals surface area contributed by atoms with Crippen molar-refractivity contribution in [2.75, 3.05) is 13.1 Å². The first-order valence-electron chi connectivity index (χ1n) is 10.5. The summed E-state index contributed by atoms with van der Waals surface area (Å²) in [6.45, 7) is 2.41. The normalized spacial score (nSPS) is 21.9. The van der Waals surface area contributed by atoms with Crippen molar-refractivity contribution in [3.8, 4) is 0 Å². The van der Waals surface area contributed by atoms with Gasteiger partial charge in [-0.2, -0.15) is 5.10 Å². The predicted molar refractivity (Wildman–Crippen MR) is 100 cm³/mol. The zero-order valence-electron chi connectivity index (χ0n) is 15.8. The third-order valence-electron chi connectivity index (χ3n) is 6.44. The summed E-state index contributed by atoms with van der Waals surface area (Å²) in [7, 11) is 0. The Morgan fingerprint density at radius 2 is 1.81 bits per heavy atom. The van der Waals surface area contributed by atoms with Gasteiger partial charge in [-0.3, -0.25) is 9.48 Å². The average molecular weight is 368 g/mol. The first-order chi connectivity index (χ1) is 13.3. The van der Waals surface area contributed by atoms with E-state index < -0.39 is 0 Å². The highest BCUT2D eigenvalue weighted by molar-refractivity contribution is 5.79. The van der Waals surface area contributed by atoms with Gasteiger partial charge in [0.25, 0.3) is 0 Å². The minimum absolute atomic E-state index is 0.289. The van der Waals surface area contributed by atoms with Gasteiger partial charge < -0.3 is 9.47 Å². The molecule has 0 unspecified atom stereocenters. The number of nitrogens with zero attached hydrogens (tertiary/aromatic N) is 6. The van der Waals surface area contributed by atoms with Gasteiger partial charge in [0.2, 0.25) is 5.91 Å². The summed E-state index contributed by atoms with van der Waals surface area (Å²) in [5, 5.41) is 13.4. The van der Waals surface area contributed by atoms with E-state index >= 15 is 0 Å². The molecule has 27 heavy (non-hydrogen) atoms. The van der Waals surface area contributed by atoms with Crippen LogP contribution in [0.25, 0.3) is 0 Å². The second-order valence-electron chi connectivity index (χ2n) is 8.36. The van der Waals surface area contributed by atoms with Crippen molar-refractivity contribution < 1.29 is 4.79 Å². The van der Waals surface area contributed by atoms with Crippen molar-refractivity contribution in [1.29, 1.82) is 0 Å². The van der Waals surface area contributed by atoms with Crippen LogP contribution in [0.1, 0.15) is 75.0 Å². The zero-order valence-corrected chi connectivity index (χ0v) is 15.8. The van der Waals surface area contributed by atoms with E-state index in [1.54, 1.807) is 6.20 Å². The van der Waals surface area contributed by atoms with E-state index in [0.29, 0.717) is 24.4 Å².